The van der Waals surface area contributed by atoms with Gasteiger partial charge in [0.1, 0.15) is 5.60 Å². The molecule has 1 aromatic carbocycles. The number of sulfonamides is 1. The van der Waals surface area contributed by atoms with Crippen LogP contribution < -0.4 is 10.0 Å². The molecule has 3 N–H and O–H groups in total. The maximum atomic E-state index is 13.0. The van der Waals surface area contributed by atoms with Gasteiger partial charge in [0.25, 0.3) is 10.0 Å². The quantitative estimate of drug-likeness (QED) is 0.448. The summed E-state index contributed by atoms with van der Waals surface area (Å²) in [4.78, 5) is 27.3. The average molecular weight is 586 g/mol. The molecule has 0 fully saturated rings. The lowest BCUT2D eigenvalue weighted by molar-refractivity contribution is 0.0270. The summed E-state index contributed by atoms with van der Waals surface area (Å²) >= 11 is 0. The maximum Gasteiger partial charge on any atom is 0.410 e. The normalized spacial score (nSPS) is 17.1. The number of fused-ring (bicyclic) bond motifs is 2. The lowest BCUT2D eigenvalue weighted by Gasteiger charge is -2.31. The molecule has 222 valence electrons. The second kappa shape index (κ2) is 10.5. The van der Waals surface area contributed by atoms with Gasteiger partial charge < -0.3 is 24.5 Å². The van der Waals surface area contributed by atoms with Crippen LogP contribution in [0.4, 0.5) is 15.3 Å². The van der Waals surface area contributed by atoms with Gasteiger partial charge in [-0.25, -0.2) is 14.3 Å². The topological polar surface area (TPSA) is 138 Å². The van der Waals surface area contributed by atoms with Gasteiger partial charge >= 0.3 is 12.1 Å². The van der Waals surface area contributed by atoms with Crippen molar-refractivity contribution >= 4 is 33.4 Å². The minimum absolute atomic E-state index is 0.288. The van der Waals surface area contributed by atoms with E-state index in [4.69, 9.17) is 9.15 Å². The second-order valence-electron chi connectivity index (χ2n) is 12.6. The van der Waals surface area contributed by atoms with Crippen molar-refractivity contribution in [3.8, 4) is 0 Å². The van der Waals surface area contributed by atoms with Gasteiger partial charge in [-0.3, -0.25) is 0 Å². The molecule has 5 rings (SSSR count). The SMILES string of the molecule is CC(C)(C)OC(=O)N1CC=C(c2c3c(c(NC(=O)NS(=O)(=O)c4cc(C(C)(C)O)co4)c4c2CCC4)CCC3)CC1. The largest absolute Gasteiger partial charge is 0.451 e. The number of carbonyl (C=O) groups excluding carboxylic acids is 2. The number of furan rings is 1. The number of aliphatic hydroxyl groups is 1. The molecule has 3 aliphatic rings. The highest BCUT2D eigenvalue weighted by Crippen LogP contribution is 2.45. The Morgan fingerprint density at radius 2 is 1.59 bits per heavy atom. The molecule has 0 saturated carbocycles. The standard InChI is InChI=1S/C30H39N3O7S/c1-29(2,3)40-28(35)33-14-12-18(13-15-33)25-20-8-6-10-22(20)26(23-11-7-9-21(23)25)31-27(34)32-41(37,38)24-16-19(17-39-24)30(4,5)36/h12,16-17,36H,6-11,13-15H2,1-5H3,(H2,31,32,34). The second-order valence-corrected chi connectivity index (χ2v) is 14.2. The van der Waals surface area contributed by atoms with Gasteiger partial charge in [0, 0.05) is 30.4 Å². The van der Waals surface area contributed by atoms with Crippen molar-refractivity contribution in [3.63, 3.8) is 0 Å². The van der Waals surface area contributed by atoms with Crippen LogP contribution in [0.1, 0.15) is 87.3 Å². The van der Waals surface area contributed by atoms with E-state index in [0.29, 0.717) is 18.8 Å². The molecule has 0 radical (unpaired) electrons. The van der Waals surface area contributed by atoms with Crippen LogP contribution in [0.15, 0.2) is 27.9 Å². The smallest absolute Gasteiger partial charge is 0.410 e. The Kier molecular flexibility index (Phi) is 7.48. The molecule has 1 aromatic heterocycles. The zero-order chi connectivity index (χ0) is 29.7. The van der Waals surface area contributed by atoms with Crippen LogP contribution in [-0.2, 0) is 46.0 Å². The third-order valence-corrected chi connectivity index (χ3v) is 9.03. The fraction of sp³-hybridized carbons (Fsp3) is 0.533. The fourth-order valence-corrected chi connectivity index (χ4v) is 6.82. The maximum absolute atomic E-state index is 13.0. The molecule has 2 aliphatic carbocycles. The van der Waals surface area contributed by atoms with Crippen LogP contribution >= 0.6 is 0 Å². The Morgan fingerprint density at radius 1 is 0.976 bits per heavy atom. The van der Waals surface area contributed by atoms with E-state index < -0.39 is 32.3 Å². The molecule has 0 unspecified atom stereocenters. The summed E-state index contributed by atoms with van der Waals surface area (Å²) in [5.74, 6) is 0. The molecule has 11 heteroatoms. The minimum atomic E-state index is -4.29. The van der Waals surface area contributed by atoms with E-state index in [-0.39, 0.29) is 11.7 Å². The Morgan fingerprint density at radius 3 is 2.10 bits per heavy atom. The van der Waals surface area contributed by atoms with E-state index in [1.54, 1.807) is 4.90 Å². The molecule has 0 saturated heterocycles. The van der Waals surface area contributed by atoms with Crippen LogP contribution in [0.25, 0.3) is 5.57 Å². The predicted molar refractivity (Wildman–Crippen MR) is 154 cm³/mol. The van der Waals surface area contributed by atoms with Gasteiger partial charge in [-0.15, -0.1) is 0 Å². The summed E-state index contributed by atoms with van der Waals surface area (Å²) in [6, 6.07) is 0.355. The Balaban J connectivity index is 1.39. The van der Waals surface area contributed by atoms with Gasteiger partial charge in [-0.1, -0.05) is 6.08 Å². The predicted octanol–water partition coefficient (Wildman–Crippen LogP) is 5.02. The first-order valence-electron chi connectivity index (χ1n) is 14.2. The molecule has 0 spiro atoms. The Labute approximate surface area is 241 Å². The van der Waals surface area contributed by atoms with Crippen LogP contribution in [0, 0.1) is 0 Å². The monoisotopic (exact) mass is 585 g/mol. The lowest BCUT2D eigenvalue weighted by Crippen LogP contribution is -2.39. The minimum Gasteiger partial charge on any atom is -0.451 e. The number of ether oxygens (including phenoxy) is 1. The number of carbonyl (C=O) groups is 2. The first-order valence-corrected chi connectivity index (χ1v) is 15.6. The molecule has 0 bridgehead atoms. The third kappa shape index (κ3) is 6.01. The van der Waals surface area contributed by atoms with E-state index in [0.717, 1.165) is 62.3 Å². The van der Waals surface area contributed by atoms with Crippen molar-refractivity contribution < 1.29 is 32.3 Å². The number of anilines is 1. The van der Waals surface area contributed by atoms with E-state index in [1.165, 1.54) is 42.2 Å². The molecule has 10 nitrogen and oxygen atoms in total. The van der Waals surface area contributed by atoms with E-state index >= 15 is 0 Å². The first kappa shape index (κ1) is 29.2. The van der Waals surface area contributed by atoms with Crippen molar-refractivity contribution in [2.24, 2.45) is 0 Å². The molecular formula is C30H39N3O7S. The van der Waals surface area contributed by atoms with Crippen LogP contribution in [0.2, 0.25) is 0 Å². The summed E-state index contributed by atoms with van der Waals surface area (Å²) < 4.78 is 38.5. The molecule has 1 aliphatic heterocycles. The van der Waals surface area contributed by atoms with Crippen molar-refractivity contribution in [2.45, 2.75) is 95.9 Å². The van der Waals surface area contributed by atoms with Crippen LogP contribution in [0.3, 0.4) is 0 Å². The van der Waals surface area contributed by atoms with Gasteiger partial charge in [0.15, 0.2) is 0 Å². The lowest BCUT2D eigenvalue weighted by atomic mass is 9.85. The number of hydrogen-bond acceptors (Lipinski definition) is 7. The highest BCUT2D eigenvalue weighted by Gasteiger charge is 2.33. The number of nitrogens with one attached hydrogen (secondary N) is 2. The first-order chi connectivity index (χ1) is 19.1. The third-order valence-electron chi connectivity index (χ3n) is 7.84. The molecule has 0 atom stereocenters. The summed E-state index contributed by atoms with van der Waals surface area (Å²) in [6.07, 6.45) is 8.94. The summed E-state index contributed by atoms with van der Waals surface area (Å²) in [5.41, 5.74) is 6.18. The fourth-order valence-electron chi connectivity index (χ4n) is 5.97. The summed E-state index contributed by atoms with van der Waals surface area (Å²) in [6.45, 7) is 9.66. The molecular weight excluding hydrogens is 546 g/mol. The van der Waals surface area contributed by atoms with Crippen molar-refractivity contribution in [2.75, 3.05) is 18.4 Å². The van der Waals surface area contributed by atoms with Gasteiger partial charge in [-0.05, 0) is 113 Å². The van der Waals surface area contributed by atoms with Crippen molar-refractivity contribution in [3.05, 3.63) is 51.8 Å². The Bertz CT molecular complexity index is 1490. The van der Waals surface area contributed by atoms with E-state index in [9.17, 15) is 23.1 Å². The van der Waals surface area contributed by atoms with Gasteiger partial charge in [0.2, 0.25) is 5.09 Å². The van der Waals surface area contributed by atoms with E-state index in [2.05, 4.69) is 16.1 Å². The molecule has 41 heavy (non-hydrogen) atoms. The van der Waals surface area contributed by atoms with Crippen LogP contribution in [0.5, 0.6) is 0 Å². The molecule has 3 amide bonds. The number of urea groups is 1. The van der Waals surface area contributed by atoms with Gasteiger partial charge in [0.05, 0.1) is 11.9 Å². The van der Waals surface area contributed by atoms with Crippen LogP contribution in [-0.4, -0.2) is 49.2 Å². The molecule has 2 heterocycles. The number of nitrogens with zero attached hydrogens (tertiary/aromatic N) is 1. The number of rotatable bonds is 5. The Hall–Kier alpha value is -3.31. The zero-order valence-corrected chi connectivity index (χ0v) is 25.2. The van der Waals surface area contributed by atoms with Crippen molar-refractivity contribution in [1.29, 1.82) is 0 Å². The van der Waals surface area contributed by atoms with Crippen molar-refractivity contribution in [1.82, 2.24) is 9.62 Å². The highest BCUT2D eigenvalue weighted by atomic mass is 32.2. The summed E-state index contributed by atoms with van der Waals surface area (Å²) in [7, 11) is -4.29. The average Bonchev–Trinajstić information content (AvgIpc) is 3.63. The molecule has 2 aromatic rings. The summed E-state index contributed by atoms with van der Waals surface area (Å²) in [5, 5.41) is 12.6. The number of hydrogen-bond donors (Lipinski definition) is 3. The number of benzene rings is 1. The number of amides is 3. The van der Waals surface area contributed by atoms with Gasteiger partial charge in [-0.2, -0.15) is 8.42 Å². The zero-order valence-electron chi connectivity index (χ0n) is 24.3. The van der Waals surface area contributed by atoms with E-state index in [1.807, 2.05) is 20.8 Å². The highest BCUT2D eigenvalue weighted by molar-refractivity contribution is 7.89.